The lowest BCUT2D eigenvalue weighted by Gasteiger charge is -2.40. The van der Waals surface area contributed by atoms with Gasteiger partial charge in [-0.15, -0.1) is 0 Å². The van der Waals surface area contributed by atoms with E-state index < -0.39 is 5.60 Å². The van der Waals surface area contributed by atoms with Crippen LogP contribution in [-0.2, 0) is 11.3 Å². The van der Waals surface area contributed by atoms with Crippen molar-refractivity contribution in [3.8, 4) is 0 Å². The van der Waals surface area contributed by atoms with Gasteiger partial charge in [0.05, 0.1) is 12.5 Å². The summed E-state index contributed by atoms with van der Waals surface area (Å²) >= 11 is 0. The van der Waals surface area contributed by atoms with E-state index in [0.717, 1.165) is 31.5 Å². The Hall–Kier alpha value is -1.49. The molecule has 2 unspecified atom stereocenters. The standard InChI is InChI=1S/C16H26N2O3/c1-12-14(17-10-13-7-9-20-11-13)6-5-8-18(12)15(19)21-16(2,3)4/h7,9,11-12,14,17H,5-6,8,10H2,1-4H3. The van der Waals surface area contributed by atoms with E-state index in [1.807, 2.05) is 31.7 Å². The molecule has 0 saturated carbocycles. The quantitative estimate of drug-likeness (QED) is 0.930. The molecule has 0 aliphatic carbocycles. The fourth-order valence-electron chi connectivity index (χ4n) is 2.64. The number of ether oxygens (including phenoxy) is 1. The van der Waals surface area contributed by atoms with E-state index in [1.54, 1.807) is 12.5 Å². The lowest BCUT2D eigenvalue weighted by Crippen LogP contribution is -2.55. The van der Waals surface area contributed by atoms with Crippen LogP contribution in [0.1, 0.15) is 46.1 Å². The Morgan fingerprint density at radius 1 is 1.52 bits per heavy atom. The van der Waals surface area contributed by atoms with Crippen molar-refractivity contribution in [3.63, 3.8) is 0 Å². The van der Waals surface area contributed by atoms with Gasteiger partial charge in [0.2, 0.25) is 0 Å². The second kappa shape index (κ2) is 6.52. The fourth-order valence-corrected chi connectivity index (χ4v) is 2.64. The molecule has 1 aromatic rings. The number of likely N-dealkylation sites (tertiary alicyclic amines) is 1. The van der Waals surface area contributed by atoms with Crippen molar-refractivity contribution in [2.45, 2.75) is 64.8 Å². The molecule has 1 aromatic heterocycles. The van der Waals surface area contributed by atoms with Crippen LogP contribution < -0.4 is 5.32 Å². The molecule has 118 valence electrons. The number of carbonyl (C=O) groups is 1. The Morgan fingerprint density at radius 3 is 2.90 bits per heavy atom. The molecule has 5 heteroatoms. The smallest absolute Gasteiger partial charge is 0.410 e. The van der Waals surface area contributed by atoms with Crippen LogP contribution in [0, 0.1) is 0 Å². The molecule has 1 aliphatic heterocycles. The van der Waals surface area contributed by atoms with Gasteiger partial charge in [0.1, 0.15) is 5.60 Å². The Kier molecular flexibility index (Phi) is 4.93. The summed E-state index contributed by atoms with van der Waals surface area (Å²) in [7, 11) is 0. The maximum Gasteiger partial charge on any atom is 0.410 e. The molecule has 1 aliphatic rings. The normalized spacial score (nSPS) is 23.1. The van der Waals surface area contributed by atoms with Crippen LogP contribution in [-0.4, -0.2) is 35.2 Å². The number of hydrogen-bond acceptors (Lipinski definition) is 4. The van der Waals surface area contributed by atoms with E-state index in [1.165, 1.54) is 0 Å². The van der Waals surface area contributed by atoms with Crippen LogP contribution in [0.3, 0.4) is 0 Å². The van der Waals surface area contributed by atoms with Gasteiger partial charge in [-0.3, -0.25) is 0 Å². The third-order valence-electron chi connectivity index (χ3n) is 3.76. The molecular formula is C16H26N2O3. The molecular weight excluding hydrogens is 268 g/mol. The van der Waals surface area contributed by atoms with Crippen molar-refractivity contribution in [3.05, 3.63) is 24.2 Å². The van der Waals surface area contributed by atoms with E-state index in [-0.39, 0.29) is 18.2 Å². The summed E-state index contributed by atoms with van der Waals surface area (Å²) in [5.74, 6) is 0. The van der Waals surface area contributed by atoms with Crippen molar-refractivity contribution in [1.29, 1.82) is 0 Å². The van der Waals surface area contributed by atoms with E-state index in [0.29, 0.717) is 0 Å². The first-order chi connectivity index (χ1) is 9.87. The van der Waals surface area contributed by atoms with E-state index >= 15 is 0 Å². The van der Waals surface area contributed by atoms with Crippen molar-refractivity contribution < 1.29 is 13.9 Å². The van der Waals surface area contributed by atoms with Gasteiger partial charge >= 0.3 is 6.09 Å². The molecule has 0 radical (unpaired) electrons. The number of furan rings is 1. The number of hydrogen-bond donors (Lipinski definition) is 1. The predicted molar refractivity (Wildman–Crippen MR) is 81.0 cm³/mol. The number of rotatable bonds is 3. The molecule has 0 spiro atoms. The summed E-state index contributed by atoms with van der Waals surface area (Å²) in [6.07, 6.45) is 5.26. The van der Waals surface area contributed by atoms with Gasteiger partial charge in [0.25, 0.3) is 0 Å². The number of nitrogens with zero attached hydrogens (tertiary/aromatic N) is 1. The highest BCUT2D eigenvalue weighted by Crippen LogP contribution is 2.21. The summed E-state index contributed by atoms with van der Waals surface area (Å²) < 4.78 is 10.6. The van der Waals surface area contributed by atoms with Crippen LogP contribution >= 0.6 is 0 Å². The SMILES string of the molecule is CC1C(NCc2ccoc2)CCCN1C(=O)OC(C)(C)C. The average Bonchev–Trinajstić information content (AvgIpc) is 2.88. The van der Waals surface area contributed by atoms with Gasteiger partial charge in [-0.05, 0) is 46.6 Å². The molecule has 1 amide bonds. The maximum absolute atomic E-state index is 12.3. The molecule has 0 aromatic carbocycles. The first-order valence-corrected chi connectivity index (χ1v) is 7.61. The largest absolute Gasteiger partial charge is 0.472 e. The lowest BCUT2D eigenvalue weighted by atomic mass is 9.97. The lowest BCUT2D eigenvalue weighted by molar-refractivity contribution is 0.00698. The highest BCUT2D eigenvalue weighted by Gasteiger charge is 2.33. The number of carbonyl (C=O) groups excluding carboxylic acids is 1. The molecule has 21 heavy (non-hydrogen) atoms. The van der Waals surface area contributed by atoms with Crippen LogP contribution in [0.15, 0.2) is 23.0 Å². The van der Waals surface area contributed by atoms with Gasteiger partial charge < -0.3 is 19.4 Å². The first-order valence-electron chi connectivity index (χ1n) is 7.61. The monoisotopic (exact) mass is 294 g/mol. The molecule has 1 fully saturated rings. The molecule has 2 atom stereocenters. The molecule has 1 saturated heterocycles. The summed E-state index contributed by atoms with van der Waals surface area (Å²) in [6, 6.07) is 2.35. The molecule has 0 bridgehead atoms. The van der Waals surface area contributed by atoms with Crippen LogP contribution in [0.2, 0.25) is 0 Å². The summed E-state index contributed by atoms with van der Waals surface area (Å²) in [5.41, 5.74) is 0.671. The molecule has 2 rings (SSSR count). The van der Waals surface area contributed by atoms with Gasteiger partial charge in [0.15, 0.2) is 0 Å². The van der Waals surface area contributed by atoms with Crippen molar-refractivity contribution >= 4 is 6.09 Å². The van der Waals surface area contributed by atoms with E-state index in [2.05, 4.69) is 12.2 Å². The predicted octanol–water partition coefficient (Wildman–Crippen LogP) is 3.16. The zero-order valence-electron chi connectivity index (χ0n) is 13.4. The molecule has 2 heterocycles. The summed E-state index contributed by atoms with van der Waals surface area (Å²) in [5, 5.41) is 3.51. The molecule has 1 N–H and O–H groups in total. The third-order valence-corrected chi connectivity index (χ3v) is 3.76. The topological polar surface area (TPSA) is 54.7 Å². The van der Waals surface area contributed by atoms with Gasteiger partial charge in [-0.25, -0.2) is 4.79 Å². The van der Waals surface area contributed by atoms with Gasteiger partial charge in [0, 0.05) is 30.7 Å². The number of amides is 1. The minimum atomic E-state index is -0.450. The van der Waals surface area contributed by atoms with Crippen molar-refractivity contribution in [2.75, 3.05) is 6.54 Å². The van der Waals surface area contributed by atoms with E-state index in [4.69, 9.17) is 9.15 Å². The average molecular weight is 294 g/mol. The van der Waals surface area contributed by atoms with Crippen molar-refractivity contribution in [1.82, 2.24) is 10.2 Å². The number of piperidine rings is 1. The fraction of sp³-hybridized carbons (Fsp3) is 0.688. The van der Waals surface area contributed by atoms with Crippen LogP contribution in [0.5, 0.6) is 0 Å². The second-order valence-corrected chi connectivity index (χ2v) is 6.68. The minimum Gasteiger partial charge on any atom is -0.472 e. The highest BCUT2D eigenvalue weighted by atomic mass is 16.6. The first kappa shape index (κ1) is 15.9. The highest BCUT2D eigenvalue weighted by molar-refractivity contribution is 5.68. The second-order valence-electron chi connectivity index (χ2n) is 6.68. The zero-order valence-corrected chi connectivity index (χ0v) is 13.4. The Morgan fingerprint density at radius 2 is 2.29 bits per heavy atom. The Labute approximate surface area is 126 Å². The Balaban J connectivity index is 1.91. The van der Waals surface area contributed by atoms with Crippen molar-refractivity contribution in [2.24, 2.45) is 0 Å². The summed E-state index contributed by atoms with van der Waals surface area (Å²) in [4.78, 5) is 14.1. The summed E-state index contributed by atoms with van der Waals surface area (Å²) in [6.45, 7) is 9.29. The van der Waals surface area contributed by atoms with E-state index in [9.17, 15) is 4.79 Å². The van der Waals surface area contributed by atoms with Crippen LogP contribution in [0.25, 0.3) is 0 Å². The minimum absolute atomic E-state index is 0.125. The third kappa shape index (κ3) is 4.49. The molecule has 5 nitrogen and oxygen atoms in total. The maximum atomic E-state index is 12.3. The Bertz CT molecular complexity index is 451. The van der Waals surface area contributed by atoms with Crippen LogP contribution in [0.4, 0.5) is 4.79 Å². The van der Waals surface area contributed by atoms with Gasteiger partial charge in [-0.1, -0.05) is 0 Å². The van der Waals surface area contributed by atoms with Gasteiger partial charge in [-0.2, -0.15) is 0 Å². The zero-order chi connectivity index (χ0) is 15.5. The number of nitrogens with one attached hydrogen (secondary N) is 1.